The lowest BCUT2D eigenvalue weighted by molar-refractivity contribution is 0.0386. The fourth-order valence-corrected chi connectivity index (χ4v) is 1.61. The molecule has 0 unspecified atom stereocenters. The number of hydrogen-bond donors (Lipinski definition) is 1. The molecule has 2 atom stereocenters. The van der Waals surface area contributed by atoms with Crippen molar-refractivity contribution >= 4 is 0 Å². The lowest BCUT2D eigenvalue weighted by Crippen LogP contribution is -2.39. The Hall–Kier alpha value is -0.0800. The third-order valence-corrected chi connectivity index (χ3v) is 2.51. The zero-order valence-electron chi connectivity index (χ0n) is 7.55. The highest BCUT2D eigenvalue weighted by Crippen LogP contribution is 2.20. The van der Waals surface area contributed by atoms with E-state index in [0.717, 1.165) is 13.2 Å². The molecular weight excluding hydrogens is 138 g/mol. The van der Waals surface area contributed by atoms with E-state index in [9.17, 15) is 0 Å². The van der Waals surface area contributed by atoms with Crippen LogP contribution in [0.5, 0.6) is 0 Å². The molecule has 1 aliphatic heterocycles. The van der Waals surface area contributed by atoms with Crippen LogP contribution in [-0.4, -0.2) is 19.3 Å². The second kappa shape index (κ2) is 4.07. The topological polar surface area (TPSA) is 35.2 Å². The van der Waals surface area contributed by atoms with Crippen LogP contribution in [0.25, 0.3) is 0 Å². The van der Waals surface area contributed by atoms with Crippen LogP contribution in [0.2, 0.25) is 0 Å². The summed E-state index contributed by atoms with van der Waals surface area (Å²) in [5, 5.41) is 0. The van der Waals surface area contributed by atoms with Gasteiger partial charge in [-0.15, -0.1) is 0 Å². The number of nitrogens with two attached hydrogens (primary N) is 1. The Morgan fingerprint density at radius 1 is 1.45 bits per heavy atom. The molecule has 1 saturated heterocycles. The van der Waals surface area contributed by atoms with Crippen molar-refractivity contribution in [2.75, 3.05) is 13.2 Å². The van der Waals surface area contributed by atoms with Crippen molar-refractivity contribution in [1.82, 2.24) is 0 Å². The molecule has 1 heterocycles. The maximum atomic E-state index is 6.01. The molecule has 1 rings (SSSR count). The molecule has 11 heavy (non-hydrogen) atoms. The summed E-state index contributed by atoms with van der Waals surface area (Å²) < 4.78 is 5.37. The molecule has 66 valence electrons. The highest BCUT2D eigenvalue weighted by Gasteiger charge is 2.22. The van der Waals surface area contributed by atoms with Crippen LogP contribution >= 0.6 is 0 Å². The molecule has 0 bridgehead atoms. The summed E-state index contributed by atoms with van der Waals surface area (Å²) in [5.74, 6) is 1.19. The standard InChI is InChI=1S/C9H19NO/c1-7(2)9(10)8-4-3-5-11-6-8/h7-9H,3-6,10H2,1-2H3/t8-,9-/m1/s1. The first kappa shape index (κ1) is 9.01. The van der Waals surface area contributed by atoms with Crippen LogP contribution in [-0.2, 0) is 4.74 Å². The smallest absolute Gasteiger partial charge is 0.0509 e. The van der Waals surface area contributed by atoms with E-state index in [1.54, 1.807) is 0 Å². The van der Waals surface area contributed by atoms with Gasteiger partial charge in [0, 0.05) is 12.6 Å². The highest BCUT2D eigenvalue weighted by molar-refractivity contribution is 4.77. The molecule has 0 aromatic heterocycles. The predicted octanol–water partition coefficient (Wildman–Crippen LogP) is 1.40. The molecule has 0 amide bonds. The van der Waals surface area contributed by atoms with E-state index in [1.165, 1.54) is 12.8 Å². The number of hydrogen-bond acceptors (Lipinski definition) is 2. The molecule has 2 heteroatoms. The Labute approximate surface area is 69.1 Å². The lowest BCUT2D eigenvalue weighted by Gasteiger charge is -2.29. The summed E-state index contributed by atoms with van der Waals surface area (Å²) in [4.78, 5) is 0. The van der Waals surface area contributed by atoms with E-state index < -0.39 is 0 Å². The number of rotatable bonds is 2. The van der Waals surface area contributed by atoms with Gasteiger partial charge in [-0.05, 0) is 24.7 Å². The monoisotopic (exact) mass is 157 g/mol. The van der Waals surface area contributed by atoms with Gasteiger partial charge in [-0.1, -0.05) is 13.8 Å². The van der Waals surface area contributed by atoms with Crippen LogP contribution in [0.15, 0.2) is 0 Å². The van der Waals surface area contributed by atoms with Gasteiger partial charge in [0.1, 0.15) is 0 Å². The largest absolute Gasteiger partial charge is 0.381 e. The van der Waals surface area contributed by atoms with Gasteiger partial charge < -0.3 is 10.5 Å². The molecule has 0 aromatic rings. The molecule has 0 aliphatic carbocycles. The maximum absolute atomic E-state index is 6.01. The van der Waals surface area contributed by atoms with Gasteiger partial charge in [0.25, 0.3) is 0 Å². The normalized spacial score (nSPS) is 28.9. The first-order valence-electron chi connectivity index (χ1n) is 4.55. The van der Waals surface area contributed by atoms with Gasteiger partial charge in [0.15, 0.2) is 0 Å². The fraction of sp³-hybridized carbons (Fsp3) is 1.00. The van der Waals surface area contributed by atoms with E-state index in [0.29, 0.717) is 17.9 Å². The molecule has 0 spiro atoms. The van der Waals surface area contributed by atoms with Crippen molar-refractivity contribution < 1.29 is 4.74 Å². The van der Waals surface area contributed by atoms with Gasteiger partial charge in [0.2, 0.25) is 0 Å². The third-order valence-electron chi connectivity index (χ3n) is 2.51. The molecule has 2 N–H and O–H groups in total. The fourth-order valence-electron chi connectivity index (χ4n) is 1.61. The quantitative estimate of drug-likeness (QED) is 0.657. The van der Waals surface area contributed by atoms with Gasteiger partial charge in [-0.2, -0.15) is 0 Å². The van der Waals surface area contributed by atoms with Crippen molar-refractivity contribution in [2.45, 2.75) is 32.7 Å². The summed E-state index contributed by atoms with van der Waals surface area (Å²) >= 11 is 0. The Kier molecular flexibility index (Phi) is 3.34. The van der Waals surface area contributed by atoms with Crippen LogP contribution in [0.3, 0.4) is 0 Å². The molecule has 2 nitrogen and oxygen atoms in total. The predicted molar refractivity (Wildman–Crippen MR) is 46.4 cm³/mol. The Balaban J connectivity index is 2.32. The second-order valence-electron chi connectivity index (χ2n) is 3.80. The minimum absolute atomic E-state index is 0.329. The van der Waals surface area contributed by atoms with Gasteiger partial charge in [-0.3, -0.25) is 0 Å². The summed E-state index contributed by atoms with van der Waals surface area (Å²) in [6, 6.07) is 0.329. The molecule has 0 saturated carbocycles. The average molecular weight is 157 g/mol. The van der Waals surface area contributed by atoms with Crippen molar-refractivity contribution in [1.29, 1.82) is 0 Å². The van der Waals surface area contributed by atoms with E-state index in [-0.39, 0.29) is 0 Å². The number of ether oxygens (including phenoxy) is 1. The van der Waals surface area contributed by atoms with Gasteiger partial charge in [-0.25, -0.2) is 0 Å². The van der Waals surface area contributed by atoms with E-state index >= 15 is 0 Å². The molecule has 1 aliphatic rings. The Bertz CT molecular complexity index is 108. The lowest BCUT2D eigenvalue weighted by atomic mass is 9.87. The Morgan fingerprint density at radius 3 is 2.64 bits per heavy atom. The second-order valence-corrected chi connectivity index (χ2v) is 3.80. The van der Waals surface area contributed by atoms with E-state index in [1.807, 2.05) is 0 Å². The van der Waals surface area contributed by atoms with E-state index in [2.05, 4.69) is 13.8 Å². The van der Waals surface area contributed by atoms with Crippen molar-refractivity contribution in [2.24, 2.45) is 17.6 Å². The highest BCUT2D eigenvalue weighted by atomic mass is 16.5. The van der Waals surface area contributed by atoms with Gasteiger partial charge >= 0.3 is 0 Å². The minimum Gasteiger partial charge on any atom is -0.381 e. The van der Waals surface area contributed by atoms with Crippen LogP contribution in [0.1, 0.15) is 26.7 Å². The van der Waals surface area contributed by atoms with Crippen LogP contribution < -0.4 is 5.73 Å². The molecule has 0 radical (unpaired) electrons. The average Bonchev–Trinajstić information content (AvgIpc) is 2.05. The van der Waals surface area contributed by atoms with Crippen molar-refractivity contribution in [3.8, 4) is 0 Å². The van der Waals surface area contributed by atoms with Crippen LogP contribution in [0, 0.1) is 11.8 Å². The zero-order valence-corrected chi connectivity index (χ0v) is 7.55. The van der Waals surface area contributed by atoms with Gasteiger partial charge in [0.05, 0.1) is 6.61 Å². The SMILES string of the molecule is CC(C)[C@@H](N)[C@@H]1CCCOC1. The van der Waals surface area contributed by atoms with E-state index in [4.69, 9.17) is 10.5 Å². The summed E-state index contributed by atoms with van der Waals surface area (Å²) in [5.41, 5.74) is 6.01. The molecule has 0 aromatic carbocycles. The maximum Gasteiger partial charge on any atom is 0.0509 e. The zero-order chi connectivity index (χ0) is 8.27. The van der Waals surface area contributed by atoms with Crippen molar-refractivity contribution in [3.05, 3.63) is 0 Å². The third kappa shape index (κ3) is 2.46. The molecule has 1 fully saturated rings. The molecular formula is C9H19NO. The minimum atomic E-state index is 0.329. The van der Waals surface area contributed by atoms with Crippen LogP contribution in [0.4, 0.5) is 0 Å². The summed E-state index contributed by atoms with van der Waals surface area (Å²) in [7, 11) is 0. The first-order chi connectivity index (χ1) is 5.22. The Morgan fingerprint density at radius 2 is 2.18 bits per heavy atom. The first-order valence-corrected chi connectivity index (χ1v) is 4.55. The summed E-state index contributed by atoms with van der Waals surface area (Å²) in [6.07, 6.45) is 2.43. The van der Waals surface area contributed by atoms with Crippen molar-refractivity contribution in [3.63, 3.8) is 0 Å². The summed E-state index contributed by atoms with van der Waals surface area (Å²) in [6.45, 7) is 6.17.